The van der Waals surface area contributed by atoms with Gasteiger partial charge in [-0.25, -0.2) is 4.98 Å². The highest BCUT2D eigenvalue weighted by Crippen LogP contribution is 2.46. The number of rotatable bonds is 16. The van der Waals surface area contributed by atoms with Crippen molar-refractivity contribution in [3.63, 3.8) is 0 Å². The zero-order valence-corrected chi connectivity index (χ0v) is 48.0. The quantitative estimate of drug-likeness (QED) is 0.0579. The van der Waals surface area contributed by atoms with Gasteiger partial charge in [-0.2, -0.15) is 4.98 Å². The molecule has 81 heavy (non-hydrogen) atoms. The molecule has 18 heteroatoms. The summed E-state index contributed by atoms with van der Waals surface area (Å²) in [5, 5.41) is 44.4. The van der Waals surface area contributed by atoms with Gasteiger partial charge >= 0.3 is 0 Å². The van der Waals surface area contributed by atoms with Crippen molar-refractivity contribution in [3.8, 4) is 17.2 Å². The molecule has 1 aromatic heterocycles. The van der Waals surface area contributed by atoms with E-state index in [-0.39, 0.29) is 36.9 Å². The Morgan fingerprint density at radius 2 is 1.35 bits per heavy atom. The van der Waals surface area contributed by atoms with E-state index >= 15 is 0 Å². The van der Waals surface area contributed by atoms with E-state index in [9.17, 15) is 0 Å². The number of aromatic nitrogens is 2. The predicted octanol–water partition coefficient (Wildman–Crippen LogP) is 6.46. The summed E-state index contributed by atoms with van der Waals surface area (Å²) in [7, 11) is 2.01. The van der Waals surface area contributed by atoms with Gasteiger partial charge in [0.2, 0.25) is 5.95 Å². The second kappa shape index (κ2) is 24.2. The molecule has 3 saturated heterocycles. The number of nitrogens with zero attached hydrogens (tertiary/aromatic N) is 2. The number of ether oxygens (including phenoxy) is 3. The van der Waals surface area contributed by atoms with E-state index in [1.807, 2.05) is 20.0 Å². The van der Waals surface area contributed by atoms with Crippen LogP contribution in [-0.4, -0.2) is 119 Å². The Morgan fingerprint density at radius 3 is 2.06 bits per heavy atom. The summed E-state index contributed by atoms with van der Waals surface area (Å²) in [6.45, 7) is 14.1. The SMILES string of the molecule is CNC1CC(C)NC(Nc2cc3c(c(C4=CCC(N)CC4)c2)OCC(CNc2cc(C)nc(Nc4cc5c(c(C6=CCNCC6)c4)OCC(CNC4CC(C)NC(Nc6cc7c(c(C8=C[C@H]9CNC[C@H]9C8)c6)OCCC7)N4)C5)n2)C3)N1. The molecular weight excluding hydrogens is 1010 g/mol. The summed E-state index contributed by atoms with van der Waals surface area (Å²) < 4.78 is 19.9. The molecule has 2 aliphatic carbocycles. The lowest BCUT2D eigenvalue weighted by Crippen LogP contribution is -2.64. The molecule has 4 aromatic rings. The van der Waals surface area contributed by atoms with Gasteiger partial charge in [-0.15, -0.1) is 0 Å². The van der Waals surface area contributed by atoms with Gasteiger partial charge in [0, 0.05) is 102 Å². The van der Waals surface area contributed by atoms with Crippen molar-refractivity contribution in [1.29, 1.82) is 0 Å². The fraction of sp³-hybridized carbons (Fsp3) is 0.556. The first-order valence-corrected chi connectivity index (χ1v) is 30.6. The number of hydrogen-bond acceptors (Lipinski definition) is 18. The molecule has 3 fully saturated rings. The second-order valence-corrected chi connectivity index (χ2v) is 24.8. The molecule has 3 aromatic carbocycles. The number of anilines is 5. The van der Waals surface area contributed by atoms with Gasteiger partial charge in [-0.1, -0.05) is 18.2 Å². The molecule has 0 spiro atoms. The van der Waals surface area contributed by atoms with E-state index in [0.717, 1.165) is 161 Å². The van der Waals surface area contributed by atoms with Crippen LogP contribution < -0.4 is 83.7 Å². The molecule has 7 aliphatic heterocycles. The summed E-state index contributed by atoms with van der Waals surface area (Å²) >= 11 is 0. The molecule has 432 valence electrons. The second-order valence-electron chi connectivity index (χ2n) is 24.8. The standard InChI is InChI=1S/C63H87N15O3/c1-35-16-55(65-4)76-61(70-35)74-50-24-44-19-38(33-80-59(44)52(26-50)40-7-9-48(64)10-8-40)29-69-57-18-37(3)72-63(78-57)75-51-25-45-20-39(34-81-60(45)53(27-51)41-11-13-66-14-12-41)30-68-56-17-36(2)71-62(77-56)73-49-23-42-6-5-15-79-58(42)54(28-49)43-21-46-31-67-32-47(46)22-43/h7,11,18,21,23-28,35-36,38-39,46-48,55-56,61-62,65-68,70-71,73-74,76-77H,5-6,8-10,12-17,19-20,22,29-34,64H2,1-4H3,(H2,69,72,75,78)/t35?,36?,38?,39?,46-,47+,48?,55?,56?,61?,62?/m0/s1. The number of fused-ring (bicyclic) bond motifs is 4. The fourth-order valence-electron chi connectivity index (χ4n) is 14.1. The van der Waals surface area contributed by atoms with Crippen LogP contribution in [0, 0.1) is 30.6 Å². The number of benzene rings is 3. The largest absolute Gasteiger partial charge is 0.493 e. The maximum atomic E-state index is 6.79. The fourth-order valence-corrected chi connectivity index (χ4v) is 14.1. The van der Waals surface area contributed by atoms with Crippen LogP contribution in [0.1, 0.15) is 104 Å². The number of aryl methyl sites for hydroxylation is 2. The number of nitrogens with two attached hydrogens (primary N) is 1. The summed E-state index contributed by atoms with van der Waals surface area (Å²) in [5.41, 5.74) is 21.8. The molecule has 9 aliphatic rings. The van der Waals surface area contributed by atoms with E-state index in [2.05, 4.69) is 132 Å². The molecular formula is C63H87N15O3. The van der Waals surface area contributed by atoms with Gasteiger partial charge in [0.05, 0.1) is 32.2 Å². The van der Waals surface area contributed by atoms with Crippen molar-refractivity contribution in [2.45, 2.75) is 134 Å². The number of hydrogen-bond donors (Lipinski definition) is 13. The lowest BCUT2D eigenvalue weighted by atomic mass is 9.87. The van der Waals surface area contributed by atoms with Crippen molar-refractivity contribution in [1.82, 2.24) is 52.5 Å². The Morgan fingerprint density at radius 1 is 0.667 bits per heavy atom. The maximum absolute atomic E-state index is 6.79. The highest BCUT2D eigenvalue weighted by molar-refractivity contribution is 5.79. The first-order chi connectivity index (χ1) is 39.6. The molecule has 9 unspecified atom stereocenters. The van der Waals surface area contributed by atoms with E-state index in [4.69, 9.17) is 29.9 Å². The van der Waals surface area contributed by atoms with Crippen molar-refractivity contribution in [2.24, 2.45) is 29.4 Å². The third kappa shape index (κ3) is 12.6. The predicted molar refractivity (Wildman–Crippen MR) is 325 cm³/mol. The van der Waals surface area contributed by atoms with Crippen LogP contribution in [0.3, 0.4) is 0 Å². The number of nitrogens with one attached hydrogen (secondary N) is 12. The topological polar surface area (TPSA) is 224 Å². The maximum Gasteiger partial charge on any atom is 0.229 e. The molecule has 8 heterocycles. The van der Waals surface area contributed by atoms with Crippen LogP contribution in [0.4, 0.5) is 28.8 Å². The summed E-state index contributed by atoms with van der Waals surface area (Å²) in [6.07, 6.45) is 18.1. The Labute approximate surface area is 478 Å². The zero-order valence-electron chi connectivity index (χ0n) is 48.0. The minimum atomic E-state index is -0.0907. The van der Waals surface area contributed by atoms with E-state index in [1.54, 1.807) is 0 Å². The van der Waals surface area contributed by atoms with Crippen molar-refractivity contribution in [2.75, 3.05) is 87.4 Å². The summed E-state index contributed by atoms with van der Waals surface area (Å²) in [6, 6.07) is 16.6. The lowest BCUT2D eigenvalue weighted by molar-refractivity contribution is 0.191. The summed E-state index contributed by atoms with van der Waals surface area (Å²) in [5.74, 6) is 6.30. The van der Waals surface area contributed by atoms with Crippen molar-refractivity contribution < 1.29 is 14.2 Å². The average molecular weight is 1100 g/mol. The van der Waals surface area contributed by atoms with Crippen LogP contribution >= 0.6 is 0 Å². The van der Waals surface area contributed by atoms with Crippen LogP contribution in [0.15, 0.2) is 60.7 Å². The molecule has 0 saturated carbocycles. The first-order valence-electron chi connectivity index (χ1n) is 30.6. The van der Waals surface area contributed by atoms with Crippen LogP contribution in [-0.2, 0) is 19.3 Å². The minimum Gasteiger partial charge on any atom is -0.493 e. The van der Waals surface area contributed by atoms with Gasteiger partial charge in [0.25, 0.3) is 0 Å². The van der Waals surface area contributed by atoms with Gasteiger partial charge in [0.15, 0.2) is 0 Å². The number of allylic oxidation sites excluding steroid dienone is 2. The Hall–Kier alpha value is -5.80. The molecule has 18 nitrogen and oxygen atoms in total. The lowest BCUT2D eigenvalue weighted by Gasteiger charge is -2.38. The molecule has 14 N–H and O–H groups in total. The van der Waals surface area contributed by atoms with Crippen LogP contribution in [0.5, 0.6) is 17.2 Å². The van der Waals surface area contributed by atoms with Crippen molar-refractivity contribution >= 4 is 45.5 Å². The van der Waals surface area contributed by atoms with Gasteiger partial charge < -0.3 is 62.5 Å². The third-order valence-corrected chi connectivity index (χ3v) is 18.2. The third-order valence-electron chi connectivity index (χ3n) is 18.2. The first kappa shape index (κ1) is 54.4. The Balaban J connectivity index is 0.669. The van der Waals surface area contributed by atoms with Gasteiger partial charge in [-0.05, 0) is 193 Å². The summed E-state index contributed by atoms with van der Waals surface area (Å²) in [4.78, 5) is 9.98. The highest BCUT2D eigenvalue weighted by Gasteiger charge is 2.35. The highest BCUT2D eigenvalue weighted by atomic mass is 16.5. The average Bonchev–Trinajstić information content (AvgIpc) is 4.17. The Bertz CT molecular complexity index is 3040. The smallest absolute Gasteiger partial charge is 0.229 e. The molecule has 0 bridgehead atoms. The minimum absolute atomic E-state index is 0.0721. The van der Waals surface area contributed by atoms with Gasteiger partial charge in [-0.3, -0.25) is 21.3 Å². The zero-order chi connectivity index (χ0) is 55.0. The van der Waals surface area contributed by atoms with E-state index < -0.39 is 0 Å². The van der Waals surface area contributed by atoms with Gasteiger partial charge in [0.1, 0.15) is 35.6 Å². The van der Waals surface area contributed by atoms with Crippen LogP contribution in [0.2, 0.25) is 0 Å². The van der Waals surface area contributed by atoms with E-state index in [1.165, 1.54) is 44.5 Å². The normalized spacial score (nSPS) is 29.7. The molecule has 13 rings (SSSR count). The molecule has 11 atom stereocenters. The van der Waals surface area contributed by atoms with E-state index in [0.29, 0.717) is 55.5 Å². The monoisotopic (exact) mass is 1100 g/mol. The van der Waals surface area contributed by atoms with Crippen molar-refractivity contribution in [3.05, 3.63) is 99.8 Å². The molecule has 0 amide bonds. The molecule has 0 radical (unpaired) electrons. The van der Waals surface area contributed by atoms with Crippen LogP contribution in [0.25, 0.3) is 16.7 Å². The Kier molecular flexibility index (Phi) is 16.3.